The molecule has 0 fully saturated rings. The zero-order chi connectivity index (χ0) is 18.7. The molecular weight excluding hydrogens is 332 g/mol. The van der Waals surface area contributed by atoms with Crippen molar-refractivity contribution in [2.45, 2.75) is 20.3 Å². The Morgan fingerprint density at radius 3 is 2.42 bits per heavy atom. The van der Waals surface area contributed by atoms with Crippen LogP contribution in [-0.2, 0) is 4.79 Å². The van der Waals surface area contributed by atoms with Gasteiger partial charge in [-0.1, -0.05) is 11.6 Å². The van der Waals surface area contributed by atoms with E-state index in [0.29, 0.717) is 23.4 Å². The van der Waals surface area contributed by atoms with Crippen LogP contribution in [0.4, 0.5) is 5.69 Å². The predicted molar refractivity (Wildman–Crippen MR) is 97.4 cm³/mol. The average molecular weight is 352 g/mol. The lowest BCUT2D eigenvalue weighted by molar-refractivity contribution is -0.116. The molecule has 26 heavy (non-hydrogen) atoms. The SMILES string of the molecule is CCOc1ccc(NC(=O)CCN2C(=O)c3ccc(C)cc3C2=O)cc1. The molecule has 0 spiro atoms. The Kier molecular flexibility index (Phi) is 5.02. The molecule has 3 amide bonds. The van der Waals surface area contributed by atoms with Crippen molar-refractivity contribution in [2.75, 3.05) is 18.5 Å². The number of fused-ring (bicyclic) bond motifs is 1. The summed E-state index contributed by atoms with van der Waals surface area (Å²) in [5.41, 5.74) is 2.35. The fourth-order valence-electron chi connectivity index (χ4n) is 2.85. The standard InChI is InChI=1S/C20H20N2O4/c1-3-26-15-7-5-14(6-8-15)21-18(23)10-11-22-19(24)16-9-4-13(2)12-17(16)20(22)25/h4-9,12H,3,10-11H2,1-2H3,(H,21,23). The Labute approximate surface area is 151 Å². The molecule has 0 atom stereocenters. The van der Waals surface area contributed by atoms with E-state index in [1.807, 2.05) is 13.8 Å². The summed E-state index contributed by atoms with van der Waals surface area (Å²) in [7, 11) is 0. The molecule has 6 nitrogen and oxygen atoms in total. The molecule has 3 rings (SSSR count). The number of hydrogen-bond donors (Lipinski definition) is 1. The van der Waals surface area contributed by atoms with E-state index in [1.54, 1.807) is 42.5 Å². The lowest BCUT2D eigenvalue weighted by Gasteiger charge is -2.13. The highest BCUT2D eigenvalue weighted by Gasteiger charge is 2.35. The highest BCUT2D eigenvalue weighted by atomic mass is 16.5. The minimum atomic E-state index is -0.348. The number of imide groups is 1. The van der Waals surface area contributed by atoms with Crippen molar-refractivity contribution in [3.05, 3.63) is 59.2 Å². The molecule has 0 unspecified atom stereocenters. The van der Waals surface area contributed by atoms with Crippen molar-refractivity contribution in [1.82, 2.24) is 4.90 Å². The quantitative estimate of drug-likeness (QED) is 0.811. The second-order valence-electron chi connectivity index (χ2n) is 6.07. The van der Waals surface area contributed by atoms with Gasteiger partial charge in [0.15, 0.2) is 0 Å². The van der Waals surface area contributed by atoms with Crippen LogP contribution in [-0.4, -0.2) is 35.8 Å². The topological polar surface area (TPSA) is 75.7 Å². The summed E-state index contributed by atoms with van der Waals surface area (Å²) >= 11 is 0. The van der Waals surface area contributed by atoms with Crippen LogP contribution in [0.25, 0.3) is 0 Å². The van der Waals surface area contributed by atoms with Gasteiger partial charge in [-0.25, -0.2) is 0 Å². The summed E-state index contributed by atoms with van der Waals surface area (Å²) in [5, 5.41) is 2.75. The Morgan fingerprint density at radius 1 is 1.04 bits per heavy atom. The van der Waals surface area contributed by atoms with Crippen LogP contribution >= 0.6 is 0 Å². The average Bonchev–Trinajstić information content (AvgIpc) is 2.85. The number of benzene rings is 2. The van der Waals surface area contributed by atoms with Crippen molar-refractivity contribution < 1.29 is 19.1 Å². The number of carbonyl (C=O) groups excluding carboxylic acids is 3. The number of nitrogens with zero attached hydrogens (tertiary/aromatic N) is 1. The molecule has 2 aromatic rings. The van der Waals surface area contributed by atoms with E-state index in [4.69, 9.17) is 4.74 Å². The lowest BCUT2D eigenvalue weighted by Crippen LogP contribution is -2.32. The first kappa shape index (κ1) is 17.7. The normalized spacial score (nSPS) is 12.9. The van der Waals surface area contributed by atoms with E-state index < -0.39 is 0 Å². The van der Waals surface area contributed by atoms with Crippen LogP contribution < -0.4 is 10.1 Å². The Morgan fingerprint density at radius 2 is 1.73 bits per heavy atom. The zero-order valence-corrected chi connectivity index (χ0v) is 14.7. The third-order valence-electron chi connectivity index (χ3n) is 4.14. The summed E-state index contributed by atoms with van der Waals surface area (Å²) in [6.45, 7) is 4.39. The number of amides is 3. The molecule has 1 aliphatic rings. The number of carbonyl (C=O) groups is 3. The lowest BCUT2D eigenvalue weighted by atomic mass is 10.1. The van der Waals surface area contributed by atoms with Crippen LogP contribution in [0.2, 0.25) is 0 Å². The predicted octanol–water partition coefficient (Wildman–Crippen LogP) is 3.02. The van der Waals surface area contributed by atoms with Gasteiger partial charge in [0.2, 0.25) is 5.91 Å². The van der Waals surface area contributed by atoms with Gasteiger partial charge in [-0.2, -0.15) is 0 Å². The van der Waals surface area contributed by atoms with Gasteiger partial charge in [-0.15, -0.1) is 0 Å². The second kappa shape index (κ2) is 7.39. The highest BCUT2D eigenvalue weighted by molar-refractivity contribution is 6.21. The fourth-order valence-corrected chi connectivity index (χ4v) is 2.85. The number of anilines is 1. The molecule has 2 aromatic carbocycles. The second-order valence-corrected chi connectivity index (χ2v) is 6.07. The van der Waals surface area contributed by atoms with Gasteiger partial charge in [-0.3, -0.25) is 19.3 Å². The smallest absolute Gasteiger partial charge is 0.261 e. The van der Waals surface area contributed by atoms with E-state index >= 15 is 0 Å². The summed E-state index contributed by atoms with van der Waals surface area (Å²) in [6, 6.07) is 12.2. The zero-order valence-electron chi connectivity index (χ0n) is 14.7. The summed E-state index contributed by atoms with van der Waals surface area (Å²) in [5.74, 6) is -0.227. The van der Waals surface area contributed by atoms with Crippen LogP contribution in [0.3, 0.4) is 0 Å². The van der Waals surface area contributed by atoms with Gasteiger partial charge in [-0.05, 0) is 50.2 Å². The third kappa shape index (κ3) is 3.59. The Hall–Kier alpha value is -3.15. The molecule has 0 aliphatic carbocycles. The van der Waals surface area contributed by atoms with E-state index in [-0.39, 0.29) is 30.7 Å². The van der Waals surface area contributed by atoms with Crippen LogP contribution in [0.15, 0.2) is 42.5 Å². The van der Waals surface area contributed by atoms with Gasteiger partial charge in [0, 0.05) is 18.7 Å². The molecule has 0 saturated carbocycles. The molecule has 1 heterocycles. The van der Waals surface area contributed by atoms with Crippen molar-refractivity contribution >= 4 is 23.4 Å². The number of rotatable bonds is 6. The number of nitrogens with one attached hydrogen (secondary N) is 1. The van der Waals surface area contributed by atoms with Gasteiger partial charge in [0.25, 0.3) is 11.8 Å². The van der Waals surface area contributed by atoms with E-state index in [1.165, 1.54) is 0 Å². The summed E-state index contributed by atoms with van der Waals surface area (Å²) in [6.07, 6.45) is 0.0393. The third-order valence-corrected chi connectivity index (χ3v) is 4.14. The molecule has 0 radical (unpaired) electrons. The summed E-state index contributed by atoms with van der Waals surface area (Å²) in [4.78, 5) is 38.0. The maximum absolute atomic E-state index is 12.4. The maximum atomic E-state index is 12.4. The number of aryl methyl sites for hydroxylation is 1. The Bertz CT molecular complexity index is 859. The largest absolute Gasteiger partial charge is 0.494 e. The van der Waals surface area contributed by atoms with Crippen molar-refractivity contribution in [1.29, 1.82) is 0 Å². The van der Waals surface area contributed by atoms with Crippen molar-refractivity contribution in [2.24, 2.45) is 0 Å². The molecule has 1 aliphatic heterocycles. The summed E-state index contributed by atoms with van der Waals surface area (Å²) < 4.78 is 5.35. The fraction of sp³-hybridized carbons (Fsp3) is 0.250. The molecule has 0 saturated heterocycles. The maximum Gasteiger partial charge on any atom is 0.261 e. The van der Waals surface area contributed by atoms with Crippen LogP contribution in [0, 0.1) is 6.92 Å². The molecule has 0 bridgehead atoms. The first-order valence-electron chi connectivity index (χ1n) is 8.49. The van der Waals surface area contributed by atoms with E-state index in [0.717, 1.165) is 16.2 Å². The monoisotopic (exact) mass is 352 g/mol. The van der Waals surface area contributed by atoms with Crippen molar-refractivity contribution in [3.8, 4) is 5.75 Å². The Balaban J connectivity index is 1.58. The molecular formula is C20H20N2O4. The van der Waals surface area contributed by atoms with Gasteiger partial charge in [0.1, 0.15) is 5.75 Å². The van der Waals surface area contributed by atoms with Gasteiger partial charge in [0.05, 0.1) is 17.7 Å². The first-order valence-corrected chi connectivity index (χ1v) is 8.49. The van der Waals surface area contributed by atoms with Crippen LogP contribution in [0.1, 0.15) is 39.6 Å². The molecule has 134 valence electrons. The molecule has 1 N–H and O–H groups in total. The van der Waals surface area contributed by atoms with E-state index in [9.17, 15) is 14.4 Å². The van der Waals surface area contributed by atoms with Crippen molar-refractivity contribution in [3.63, 3.8) is 0 Å². The molecule has 6 heteroatoms. The van der Waals surface area contributed by atoms with Gasteiger partial charge < -0.3 is 10.1 Å². The van der Waals surface area contributed by atoms with E-state index in [2.05, 4.69) is 5.32 Å². The van der Waals surface area contributed by atoms with Gasteiger partial charge >= 0.3 is 0 Å². The van der Waals surface area contributed by atoms with Crippen LogP contribution in [0.5, 0.6) is 5.75 Å². The number of hydrogen-bond acceptors (Lipinski definition) is 4. The minimum absolute atomic E-state index is 0.0393. The highest BCUT2D eigenvalue weighted by Crippen LogP contribution is 2.24. The number of ether oxygens (including phenoxy) is 1. The first-order chi connectivity index (χ1) is 12.5. The minimum Gasteiger partial charge on any atom is -0.494 e. The molecule has 0 aromatic heterocycles.